The normalized spacial score (nSPS) is 15.2. The van der Waals surface area contributed by atoms with Crippen LogP contribution in [0.25, 0.3) is 0 Å². The highest BCUT2D eigenvalue weighted by Gasteiger charge is 2.22. The molecule has 0 aromatic carbocycles. The largest absolute Gasteiger partial charge is 0.345 e. The third-order valence-electron chi connectivity index (χ3n) is 1.51. The van der Waals surface area contributed by atoms with E-state index in [0.717, 1.165) is 6.42 Å². The molecule has 74 valence electrons. The molecule has 0 spiro atoms. The van der Waals surface area contributed by atoms with Crippen molar-refractivity contribution in [1.82, 2.24) is 0 Å². The Kier molecular flexibility index (Phi) is 4.75. The van der Waals surface area contributed by atoms with Gasteiger partial charge in [0.25, 0.3) is 0 Å². The Morgan fingerprint density at radius 3 is 2.08 bits per heavy atom. The third-order valence-corrected chi connectivity index (χ3v) is 1.51. The van der Waals surface area contributed by atoms with Crippen molar-refractivity contribution >= 4 is 0 Å². The van der Waals surface area contributed by atoms with Crippen molar-refractivity contribution in [2.24, 2.45) is 5.92 Å². The molecular weight excluding hydrogens is 156 g/mol. The van der Waals surface area contributed by atoms with Gasteiger partial charge in [0.05, 0.1) is 6.10 Å². The van der Waals surface area contributed by atoms with Gasteiger partial charge in [-0.25, -0.2) is 10.1 Å². The Balaban J connectivity index is 3.75. The molecule has 0 aromatic heterocycles. The molecule has 3 heteroatoms. The van der Waals surface area contributed by atoms with E-state index in [1.165, 1.54) is 0 Å². The summed E-state index contributed by atoms with van der Waals surface area (Å²) in [6.45, 7) is 9.60. The second-order valence-electron chi connectivity index (χ2n) is 4.05. The molecule has 0 aliphatic carbocycles. The summed E-state index contributed by atoms with van der Waals surface area (Å²) in [5.74, 6) is -0.302. The molecule has 3 nitrogen and oxygen atoms in total. The monoisotopic (exact) mass is 176 g/mol. The Morgan fingerprint density at radius 1 is 1.25 bits per heavy atom. The van der Waals surface area contributed by atoms with Crippen LogP contribution in [-0.4, -0.2) is 17.1 Å². The average molecular weight is 176 g/mol. The summed E-state index contributed by atoms with van der Waals surface area (Å²) in [4.78, 5) is 4.17. The molecule has 0 aliphatic rings. The first kappa shape index (κ1) is 11.9. The summed E-state index contributed by atoms with van der Waals surface area (Å²) in [5.41, 5.74) is 0. The van der Waals surface area contributed by atoms with Crippen LogP contribution in [0.5, 0.6) is 0 Å². The van der Waals surface area contributed by atoms with Crippen LogP contribution in [0.15, 0.2) is 0 Å². The van der Waals surface area contributed by atoms with Gasteiger partial charge in [0, 0.05) is 0 Å². The van der Waals surface area contributed by atoms with Crippen LogP contribution >= 0.6 is 0 Å². The zero-order valence-corrected chi connectivity index (χ0v) is 8.63. The van der Waals surface area contributed by atoms with Gasteiger partial charge in [-0.2, -0.15) is 0 Å². The zero-order chi connectivity index (χ0) is 9.78. The minimum Gasteiger partial charge on any atom is -0.345 e. The van der Waals surface area contributed by atoms with Crippen LogP contribution in [0.1, 0.15) is 41.0 Å². The van der Waals surface area contributed by atoms with Gasteiger partial charge in [0.15, 0.2) is 5.79 Å². The molecule has 0 aliphatic heterocycles. The fourth-order valence-corrected chi connectivity index (χ4v) is 1.22. The lowest BCUT2D eigenvalue weighted by Crippen LogP contribution is -2.31. The van der Waals surface area contributed by atoms with Gasteiger partial charge in [-0.1, -0.05) is 13.8 Å². The standard InChI is InChI=1S/C9H20O3/c1-7(2)6-8(3)11-9(4,5)12-10/h7-8,10H,6H2,1-5H3. The highest BCUT2D eigenvalue weighted by Crippen LogP contribution is 2.16. The molecule has 1 unspecified atom stereocenters. The molecular formula is C9H20O3. The summed E-state index contributed by atoms with van der Waals surface area (Å²) in [6.07, 6.45) is 1.07. The van der Waals surface area contributed by atoms with Gasteiger partial charge in [0.1, 0.15) is 0 Å². The number of hydrogen-bond acceptors (Lipinski definition) is 3. The topological polar surface area (TPSA) is 38.7 Å². The summed E-state index contributed by atoms with van der Waals surface area (Å²) in [7, 11) is 0. The lowest BCUT2D eigenvalue weighted by Gasteiger charge is -2.26. The molecule has 0 amide bonds. The van der Waals surface area contributed by atoms with Crippen molar-refractivity contribution in [2.75, 3.05) is 0 Å². The highest BCUT2D eigenvalue weighted by molar-refractivity contribution is 4.59. The second-order valence-corrected chi connectivity index (χ2v) is 4.05. The molecule has 0 bridgehead atoms. The van der Waals surface area contributed by atoms with Crippen LogP contribution in [0.2, 0.25) is 0 Å². The van der Waals surface area contributed by atoms with Gasteiger partial charge >= 0.3 is 0 Å². The van der Waals surface area contributed by atoms with Crippen LogP contribution in [0.3, 0.4) is 0 Å². The molecule has 0 saturated heterocycles. The first-order valence-corrected chi connectivity index (χ1v) is 4.38. The number of ether oxygens (including phenoxy) is 1. The van der Waals surface area contributed by atoms with E-state index in [1.807, 2.05) is 6.92 Å². The highest BCUT2D eigenvalue weighted by atomic mass is 17.1. The average Bonchev–Trinajstić information content (AvgIpc) is 1.84. The van der Waals surface area contributed by atoms with E-state index in [2.05, 4.69) is 18.7 Å². The number of hydrogen-bond donors (Lipinski definition) is 1. The molecule has 0 radical (unpaired) electrons. The summed E-state index contributed by atoms with van der Waals surface area (Å²) >= 11 is 0. The Morgan fingerprint density at radius 2 is 1.75 bits per heavy atom. The summed E-state index contributed by atoms with van der Waals surface area (Å²) in [5, 5.41) is 8.45. The van der Waals surface area contributed by atoms with Crippen molar-refractivity contribution in [2.45, 2.75) is 52.9 Å². The summed E-state index contributed by atoms with van der Waals surface area (Å²) in [6, 6.07) is 0. The predicted molar refractivity (Wildman–Crippen MR) is 47.8 cm³/mol. The second kappa shape index (κ2) is 4.80. The lowest BCUT2D eigenvalue weighted by molar-refractivity contribution is -0.398. The van der Waals surface area contributed by atoms with Gasteiger partial charge in [-0.15, -0.1) is 0 Å². The van der Waals surface area contributed by atoms with E-state index in [4.69, 9.17) is 9.99 Å². The van der Waals surface area contributed by atoms with Crippen LogP contribution < -0.4 is 0 Å². The van der Waals surface area contributed by atoms with Crippen LogP contribution in [0.4, 0.5) is 0 Å². The molecule has 0 saturated carbocycles. The Bertz CT molecular complexity index is 121. The fourth-order valence-electron chi connectivity index (χ4n) is 1.22. The fraction of sp³-hybridized carbons (Fsp3) is 1.00. The van der Waals surface area contributed by atoms with E-state index < -0.39 is 5.79 Å². The molecule has 0 aromatic rings. The van der Waals surface area contributed by atoms with E-state index >= 15 is 0 Å². The molecule has 0 fully saturated rings. The predicted octanol–water partition coefficient (Wildman–Crippen LogP) is 2.66. The summed E-state index contributed by atoms with van der Waals surface area (Å²) < 4.78 is 5.43. The van der Waals surface area contributed by atoms with Crippen molar-refractivity contribution in [1.29, 1.82) is 0 Å². The van der Waals surface area contributed by atoms with E-state index in [0.29, 0.717) is 5.92 Å². The van der Waals surface area contributed by atoms with E-state index in [9.17, 15) is 0 Å². The lowest BCUT2D eigenvalue weighted by atomic mass is 10.1. The van der Waals surface area contributed by atoms with Gasteiger partial charge < -0.3 is 4.74 Å². The van der Waals surface area contributed by atoms with Crippen molar-refractivity contribution < 1.29 is 14.9 Å². The van der Waals surface area contributed by atoms with Crippen molar-refractivity contribution in [3.63, 3.8) is 0 Å². The van der Waals surface area contributed by atoms with Gasteiger partial charge in [-0.3, -0.25) is 0 Å². The molecule has 1 atom stereocenters. The van der Waals surface area contributed by atoms with E-state index in [-0.39, 0.29) is 6.10 Å². The maximum absolute atomic E-state index is 8.45. The van der Waals surface area contributed by atoms with Crippen molar-refractivity contribution in [3.05, 3.63) is 0 Å². The van der Waals surface area contributed by atoms with Gasteiger partial charge in [0.2, 0.25) is 0 Å². The number of rotatable bonds is 5. The maximum atomic E-state index is 8.45. The van der Waals surface area contributed by atoms with Crippen molar-refractivity contribution in [3.8, 4) is 0 Å². The van der Waals surface area contributed by atoms with Crippen LogP contribution in [-0.2, 0) is 9.62 Å². The molecule has 0 rings (SSSR count). The van der Waals surface area contributed by atoms with Crippen LogP contribution in [0, 0.1) is 5.92 Å². The first-order chi connectivity index (χ1) is 5.37. The molecule has 1 N–H and O–H groups in total. The minimum absolute atomic E-state index is 0.104. The SMILES string of the molecule is CC(C)CC(C)OC(C)(C)OO. The maximum Gasteiger partial charge on any atom is 0.195 e. The Labute approximate surface area is 74.6 Å². The van der Waals surface area contributed by atoms with Gasteiger partial charge in [-0.05, 0) is 33.1 Å². The third kappa shape index (κ3) is 5.52. The quantitative estimate of drug-likeness (QED) is 0.397. The Hall–Kier alpha value is -0.120. The van der Waals surface area contributed by atoms with E-state index in [1.54, 1.807) is 13.8 Å². The first-order valence-electron chi connectivity index (χ1n) is 4.38. The molecule has 12 heavy (non-hydrogen) atoms. The smallest absolute Gasteiger partial charge is 0.195 e. The minimum atomic E-state index is -0.895. The molecule has 0 heterocycles. The zero-order valence-electron chi connectivity index (χ0n) is 8.63.